The first-order valence-corrected chi connectivity index (χ1v) is 3.93. The zero-order valence-corrected chi connectivity index (χ0v) is 8.09. The summed E-state index contributed by atoms with van der Waals surface area (Å²) in [5.41, 5.74) is 2.58. The van der Waals surface area contributed by atoms with Gasteiger partial charge in [0.1, 0.15) is 0 Å². The third-order valence-electron chi connectivity index (χ3n) is 1.32. The number of rotatable bonds is 5. The van der Waals surface area contributed by atoms with Crippen LogP contribution >= 0.6 is 0 Å². The van der Waals surface area contributed by atoms with Gasteiger partial charge in [-0.05, 0) is 18.1 Å². The Labute approximate surface area is 80.2 Å². The van der Waals surface area contributed by atoms with Gasteiger partial charge in [0.05, 0.1) is 0 Å². The Morgan fingerprint density at radius 3 is 2.15 bits per heavy atom. The highest BCUT2D eigenvalue weighted by Gasteiger charge is 1.90. The number of hydrogen-bond donors (Lipinski definition) is 0. The van der Waals surface area contributed by atoms with E-state index in [-0.39, 0.29) is 0 Å². The maximum Gasteiger partial charge on any atom is 0.0339 e. The molecule has 0 atom stereocenters. The lowest BCUT2D eigenvalue weighted by atomic mass is 10.1. The Balaban J connectivity index is 4.28. The standard InChI is InChI=1S/C12H15N/c1-6-13-9-12(5)11(4)8-7-10(2)3/h6-9H,1-2,4-5H2,3H3/b8-7-,13-9?. The van der Waals surface area contributed by atoms with Gasteiger partial charge in [-0.2, -0.15) is 0 Å². The first kappa shape index (κ1) is 11.4. The molecule has 0 fully saturated rings. The van der Waals surface area contributed by atoms with Gasteiger partial charge in [-0.15, -0.1) is 0 Å². The van der Waals surface area contributed by atoms with E-state index in [1.807, 2.05) is 19.1 Å². The molecule has 0 aliphatic carbocycles. The molecule has 68 valence electrons. The Bertz CT molecular complexity index is 290. The molecule has 0 rings (SSSR count). The molecule has 0 unspecified atom stereocenters. The van der Waals surface area contributed by atoms with Crippen LogP contribution in [0, 0.1) is 0 Å². The Morgan fingerprint density at radius 2 is 1.69 bits per heavy atom. The van der Waals surface area contributed by atoms with Gasteiger partial charge in [-0.25, -0.2) is 0 Å². The van der Waals surface area contributed by atoms with Crippen LogP contribution < -0.4 is 0 Å². The topological polar surface area (TPSA) is 12.4 Å². The molecule has 0 N–H and O–H groups in total. The minimum absolute atomic E-state index is 0.775. The fourth-order valence-electron chi connectivity index (χ4n) is 0.575. The number of hydrogen-bond acceptors (Lipinski definition) is 1. The fraction of sp³-hybridized carbons (Fsp3) is 0.0833. The second kappa shape index (κ2) is 5.95. The van der Waals surface area contributed by atoms with E-state index in [0.29, 0.717) is 0 Å². The Hall–Kier alpha value is -1.63. The lowest BCUT2D eigenvalue weighted by Crippen LogP contribution is -1.83. The summed E-state index contributed by atoms with van der Waals surface area (Å²) < 4.78 is 0. The van der Waals surface area contributed by atoms with E-state index in [4.69, 9.17) is 0 Å². The zero-order valence-electron chi connectivity index (χ0n) is 8.09. The predicted octanol–water partition coefficient (Wildman–Crippen LogP) is 3.45. The Morgan fingerprint density at radius 1 is 1.08 bits per heavy atom. The van der Waals surface area contributed by atoms with Gasteiger partial charge in [-0.3, -0.25) is 4.99 Å². The SMILES string of the molecule is C=CN=CC(=C)C(=C)/C=C\C(=C)C. The van der Waals surface area contributed by atoms with Crippen molar-refractivity contribution in [2.75, 3.05) is 0 Å². The smallest absolute Gasteiger partial charge is 0.0339 e. The van der Waals surface area contributed by atoms with Crippen molar-refractivity contribution in [3.8, 4) is 0 Å². The van der Waals surface area contributed by atoms with Gasteiger partial charge < -0.3 is 0 Å². The molecule has 0 aromatic carbocycles. The molecular weight excluding hydrogens is 158 g/mol. The van der Waals surface area contributed by atoms with Crippen LogP contribution in [0.2, 0.25) is 0 Å². The minimum Gasteiger partial charge on any atom is -0.265 e. The summed E-state index contributed by atoms with van der Waals surface area (Å²) in [6.45, 7) is 16.7. The first-order chi connectivity index (χ1) is 6.07. The van der Waals surface area contributed by atoms with Crippen molar-refractivity contribution in [1.82, 2.24) is 0 Å². The van der Waals surface area contributed by atoms with Crippen LogP contribution in [0.1, 0.15) is 6.92 Å². The van der Waals surface area contributed by atoms with Gasteiger partial charge in [-0.1, -0.05) is 44.0 Å². The Kier molecular flexibility index (Phi) is 5.20. The highest BCUT2D eigenvalue weighted by Crippen LogP contribution is 2.05. The van der Waals surface area contributed by atoms with E-state index in [9.17, 15) is 0 Å². The normalized spacial score (nSPS) is 10.5. The number of nitrogens with zero attached hydrogens (tertiary/aromatic N) is 1. The summed E-state index contributed by atoms with van der Waals surface area (Å²) in [5, 5.41) is 0. The van der Waals surface area contributed by atoms with E-state index in [2.05, 4.69) is 31.3 Å². The van der Waals surface area contributed by atoms with Gasteiger partial charge in [0, 0.05) is 12.4 Å². The third kappa shape index (κ3) is 5.62. The largest absolute Gasteiger partial charge is 0.265 e. The molecule has 0 saturated carbocycles. The second-order valence-corrected chi connectivity index (χ2v) is 2.69. The summed E-state index contributed by atoms with van der Waals surface area (Å²) in [7, 11) is 0. The average molecular weight is 173 g/mol. The molecular formula is C12H15N. The van der Waals surface area contributed by atoms with E-state index >= 15 is 0 Å². The third-order valence-corrected chi connectivity index (χ3v) is 1.32. The molecule has 0 heterocycles. The highest BCUT2D eigenvalue weighted by molar-refractivity contribution is 5.85. The molecule has 0 aliphatic rings. The molecule has 0 aromatic heterocycles. The van der Waals surface area contributed by atoms with Crippen molar-refractivity contribution in [3.63, 3.8) is 0 Å². The summed E-state index contributed by atoms with van der Waals surface area (Å²) in [4.78, 5) is 3.84. The van der Waals surface area contributed by atoms with Gasteiger partial charge in [0.25, 0.3) is 0 Å². The molecule has 1 nitrogen and oxygen atoms in total. The van der Waals surface area contributed by atoms with E-state index in [1.54, 1.807) is 6.21 Å². The molecule has 0 amide bonds. The van der Waals surface area contributed by atoms with Gasteiger partial charge in [0.2, 0.25) is 0 Å². The van der Waals surface area contributed by atoms with E-state index in [1.165, 1.54) is 6.20 Å². The quantitative estimate of drug-likeness (QED) is 0.446. The van der Waals surface area contributed by atoms with Crippen molar-refractivity contribution in [3.05, 3.63) is 61.4 Å². The van der Waals surface area contributed by atoms with Crippen molar-refractivity contribution < 1.29 is 0 Å². The molecule has 0 saturated heterocycles. The number of aliphatic imine (C=N–C) groups is 1. The summed E-state index contributed by atoms with van der Waals surface area (Å²) in [6, 6.07) is 0. The fourth-order valence-corrected chi connectivity index (χ4v) is 0.575. The van der Waals surface area contributed by atoms with Crippen molar-refractivity contribution in [2.24, 2.45) is 4.99 Å². The van der Waals surface area contributed by atoms with Crippen LogP contribution in [0.25, 0.3) is 0 Å². The summed E-state index contributed by atoms with van der Waals surface area (Å²) >= 11 is 0. The van der Waals surface area contributed by atoms with Crippen LogP contribution in [-0.4, -0.2) is 6.21 Å². The van der Waals surface area contributed by atoms with E-state index < -0.39 is 0 Å². The van der Waals surface area contributed by atoms with Crippen molar-refractivity contribution >= 4 is 6.21 Å². The summed E-state index contributed by atoms with van der Waals surface area (Å²) in [5.74, 6) is 0. The molecule has 0 spiro atoms. The molecule has 0 aromatic rings. The summed E-state index contributed by atoms with van der Waals surface area (Å²) in [6.07, 6.45) is 6.83. The first-order valence-electron chi connectivity index (χ1n) is 3.93. The maximum absolute atomic E-state index is 3.84. The average Bonchev–Trinajstić information content (AvgIpc) is 2.10. The molecule has 0 radical (unpaired) electrons. The van der Waals surface area contributed by atoms with Crippen LogP contribution in [0.4, 0.5) is 0 Å². The van der Waals surface area contributed by atoms with Crippen LogP contribution in [-0.2, 0) is 0 Å². The second-order valence-electron chi connectivity index (χ2n) is 2.69. The van der Waals surface area contributed by atoms with Crippen LogP contribution in [0.3, 0.4) is 0 Å². The minimum atomic E-state index is 0.775. The van der Waals surface area contributed by atoms with Crippen LogP contribution in [0.15, 0.2) is 66.4 Å². The molecule has 1 heteroatoms. The molecule has 0 aliphatic heterocycles. The highest BCUT2D eigenvalue weighted by atomic mass is 14.7. The van der Waals surface area contributed by atoms with Gasteiger partial charge >= 0.3 is 0 Å². The monoisotopic (exact) mass is 173 g/mol. The van der Waals surface area contributed by atoms with E-state index in [0.717, 1.165) is 16.7 Å². The molecule has 13 heavy (non-hydrogen) atoms. The lowest BCUT2D eigenvalue weighted by molar-refractivity contribution is 1.53. The lowest BCUT2D eigenvalue weighted by Gasteiger charge is -1.96. The van der Waals surface area contributed by atoms with Crippen LogP contribution in [0.5, 0.6) is 0 Å². The molecule has 0 bridgehead atoms. The zero-order chi connectivity index (χ0) is 10.3. The van der Waals surface area contributed by atoms with Gasteiger partial charge in [0.15, 0.2) is 0 Å². The van der Waals surface area contributed by atoms with Crippen molar-refractivity contribution in [1.29, 1.82) is 0 Å². The van der Waals surface area contributed by atoms with Crippen molar-refractivity contribution in [2.45, 2.75) is 6.92 Å². The maximum atomic E-state index is 3.84. The number of allylic oxidation sites excluding steroid dienone is 5. The predicted molar refractivity (Wildman–Crippen MR) is 60.9 cm³/mol.